The number of aromatic amines is 1. The third kappa shape index (κ3) is 2.19. The molecule has 3 heterocycles. The van der Waals surface area contributed by atoms with Crippen molar-refractivity contribution in [2.45, 2.75) is 26.7 Å². The molecule has 7 heteroatoms. The van der Waals surface area contributed by atoms with Gasteiger partial charge in [0.25, 0.3) is 0 Å². The summed E-state index contributed by atoms with van der Waals surface area (Å²) in [5, 5.41) is 20.0. The van der Waals surface area contributed by atoms with Gasteiger partial charge in [-0.05, 0) is 38.0 Å². The van der Waals surface area contributed by atoms with Gasteiger partial charge in [-0.3, -0.25) is 5.10 Å². The first-order chi connectivity index (χ1) is 9.15. The van der Waals surface area contributed by atoms with Crippen LogP contribution in [-0.2, 0) is 12.8 Å². The second kappa shape index (κ2) is 4.62. The highest BCUT2D eigenvalue weighted by Crippen LogP contribution is 2.13. The maximum absolute atomic E-state index is 5.90. The first kappa shape index (κ1) is 12.1. The average molecular weight is 277 g/mol. The van der Waals surface area contributed by atoms with E-state index in [1.165, 1.54) is 5.56 Å². The molecule has 0 aliphatic heterocycles. The number of nitrogens with zero attached hydrogens (tertiary/aromatic N) is 5. The number of aryl methyl sites for hydroxylation is 3. The Hall–Kier alpha value is -1.95. The van der Waals surface area contributed by atoms with Gasteiger partial charge in [-0.2, -0.15) is 14.7 Å². The summed E-state index contributed by atoms with van der Waals surface area (Å²) in [6, 6.07) is 3.51. The number of fused-ring (bicyclic) bond motifs is 1. The van der Waals surface area contributed by atoms with E-state index >= 15 is 0 Å². The summed E-state index contributed by atoms with van der Waals surface area (Å²) in [7, 11) is 0. The lowest BCUT2D eigenvalue weighted by atomic mass is 10.1. The number of aromatic nitrogens is 6. The zero-order chi connectivity index (χ0) is 13.4. The Morgan fingerprint density at radius 1 is 1.21 bits per heavy atom. The van der Waals surface area contributed by atoms with E-state index in [1.807, 2.05) is 13.8 Å². The summed E-state index contributed by atoms with van der Waals surface area (Å²) in [6.07, 6.45) is 1.60. The summed E-state index contributed by atoms with van der Waals surface area (Å²) in [5.74, 6) is 0.803. The van der Waals surface area contributed by atoms with Crippen molar-refractivity contribution in [1.82, 2.24) is 30.0 Å². The largest absolute Gasteiger partial charge is 0.282 e. The molecule has 0 saturated heterocycles. The van der Waals surface area contributed by atoms with E-state index in [-0.39, 0.29) is 0 Å². The Morgan fingerprint density at radius 3 is 2.79 bits per heavy atom. The molecule has 0 aliphatic rings. The molecular weight excluding hydrogens is 264 g/mol. The van der Waals surface area contributed by atoms with Gasteiger partial charge in [-0.1, -0.05) is 11.6 Å². The van der Waals surface area contributed by atoms with Gasteiger partial charge in [0, 0.05) is 12.1 Å². The Bertz CT molecular complexity index is 709. The van der Waals surface area contributed by atoms with Crippen LogP contribution in [0, 0.1) is 13.8 Å². The Morgan fingerprint density at radius 2 is 2.05 bits per heavy atom. The van der Waals surface area contributed by atoms with Crippen LogP contribution in [0.1, 0.15) is 22.8 Å². The van der Waals surface area contributed by atoms with Gasteiger partial charge in [0.2, 0.25) is 0 Å². The number of H-pyrrole nitrogens is 1. The summed E-state index contributed by atoms with van der Waals surface area (Å²) >= 11 is 5.90. The average Bonchev–Trinajstić information content (AvgIpc) is 2.92. The van der Waals surface area contributed by atoms with Crippen LogP contribution in [0.25, 0.3) is 5.65 Å². The van der Waals surface area contributed by atoms with Crippen molar-refractivity contribution in [3.05, 3.63) is 40.1 Å². The highest BCUT2D eigenvalue weighted by molar-refractivity contribution is 6.29. The Labute approximate surface area is 114 Å². The molecule has 0 fully saturated rings. The van der Waals surface area contributed by atoms with Crippen molar-refractivity contribution in [3.63, 3.8) is 0 Å². The van der Waals surface area contributed by atoms with Crippen LogP contribution < -0.4 is 0 Å². The third-order valence-electron chi connectivity index (χ3n) is 3.17. The van der Waals surface area contributed by atoms with Crippen LogP contribution in [0.2, 0.25) is 5.15 Å². The molecule has 0 aliphatic carbocycles. The molecule has 0 aromatic carbocycles. The molecule has 0 unspecified atom stereocenters. The molecule has 0 spiro atoms. The van der Waals surface area contributed by atoms with E-state index < -0.39 is 0 Å². The van der Waals surface area contributed by atoms with Gasteiger partial charge in [0.15, 0.2) is 11.5 Å². The molecule has 0 saturated carbocycles. The van der Waals surface area contributed by atoms with Crippen LogP contribution in [0.15, 0.2) is 12.1 Å². The molecule has 0 radical (unpaired) electrons. The van der Waals surface area contributed by atoms with Gasteiger partial charge < -0.3 is 0 Å². The number of hydrogen-bond donors (Lipinski definition) is 1. The molecule has 0 atom stereocenters. The molecule has 1 N–H and O–H groups in total. The zero-order valence-electron chi connectivity index (χ0n) is 10.7. The topological polar surface area (TPSA) is 71.8 Å². The van der Waals surface area contributed by atoms with Crippen LogP contribution in [0.4, 0.5) is 0 Å². The van der Waals surface area contributed by atoms with Crippen molar-refractivity contribution in [2.24, 2.45) is 0 Å². The van der Waals surface area contributed by atoms with Crippen LogP contribution in [-0.4, -0.2) is 30.0 Å². The molecule has 3 aromatic heterocycles. The molecule has 6 nitrogen and oxygen atoms in total. The van der Waals surface area contributed by atoms with E-state index in [0.717, 1.165) is 30.1 Å². The summed E-state index contributed by atoms with van der Waals surface area (Å²) in [6.45, 7) is 4.02. The van der Waals surface area contributed by atoms with E-state index in [1.54, 1.807) is 16.6 Å². The lowest BCUT2D eigenvalue weighted by Crippen LogP contribution is -2.02. The van der Waals surface area contributed by atoms with Crippen molar-refractivity contribution in [1.29, 1.82) is 0 Å². The summed E-state index contributed by atoms with van der Waals surface area (Å²) in [4.78, 5) is 0. The standard InChI is InChI=1S/C12H13ClN6/c1-7-9(8(2)15-14-7)3-5-11-16-17-12-6-4-10(13)18-19(11)12/h4,6H,3,5H2,1-2H3,(H,14,15). The lowest BCUT2D eigenvalue weighted by Gasteiger charge is -2.00. The smallest absolute Gasteiger partial charge is 0.178 e. The number of halogens is 1. The van der Waals surface area contributed by atoms with Crippen LogP contribution >= 0.6 is 11.6 Å². The van der Waals surface area contributed by atoms with E-state index in [4.69, 9.17) is 11.6 Å². The van der Waals surface area contributed by atoms with Gasteiger partial charge >= 0.3 is 0 Å². The normalized spacial score (nSPS) is 11.3. The number of nitrogens with one attached hydrogen (secondary N) is 1. The minimum Gasteiger partial charge on any atom is -0.282 e. The van der Waals surface area contributed by atoms with Gasteiger partial charge in [-0.25, -0.2) is 0 Å². The Kier molecular flexibility index (Phi) is 2.94. The molecule has 0 bridgehead atoms. The molecule has 3 aromatic rings. The minimum absolute atomic E-state index is 0.434. The molecule has 19 heavy (non-hydrogen) atoms. The van der Waals surface area contributed by atoms with Crippen molar-refractivity contribution in [3.8, 4) is 0 Å². The number of hydrogen-bond acceptors (Lipinski definition) is 4. The predicted molar refractivity (Wildman–Crippen MR) is 71.3 cm³/mol. The monoisotopic (exact) mass is 276 g/mol. The first-order valence-electron chi connectivity index (χ1n) is 6.02. The molecular formula is C12H13ClN6. The second-order valence-corrected chi connectivity index (χ2v) is 4.84. The van der Waals surface area contributed by atoms with Gasteiger partial charge in [0.05, 0.1) is 5.69 Å². The molecule has 0 amide bonds. The summed E-state index contributed by atoms with van der Waals surface area (Å²) < 4.78 is 1.69. The maximum atomic E-state index is 5.90. The maximum Gasteiger partial charge on any atom is 0.178 e. The number of rotatable bonds is 3. The third-order valence-corrected chi connectivity index (χ3v) is 3.38. The Balaban J connectivity index is 1.88. The molecule has 3 rings (SSSR count). The highest BCUT2D eigenvalue weighted by atomic mass is 35.5. The summed E-state index contributed by atoms with van der Waals surface area (Å²) in [5.41, 5.74) is 4.05. The first-order valence-corrected chi connectivity index (χ1v) is 6.40. The van der Waals surface area contributed by atoms with E-state index in [0.29, 0.717) is 10.8 Å². The van der Waals surface area contributed by atoms with Gasteiger partial charge in [0.1, 0.15) is 5.15 Å². The lowest BCUT2D eigenvalue weighted by molar-refractivity contribution is 0.780. The van der Waals surface area contributed by atoms with Crippen molar-refractivity contribution < 1.29 is 0 Å². The van der Waals surface area contributed by atoms with Crippen molar-refractivity contribution in [2.75, 3.05) is 0 Å². The zero-order valence-corrected chi connectivity index (χ0v) is 11.4. The predicted octanol–water partition coefficient (Wildman–Crippen LogP) is 1.90. The van der Waals surface area contributed by atoms with Gasteiger partial charge in [-0.15, -0.1) is 10.2 Å². The fourth-order valence-corrected chi connectivity index (χ4v) is 2.28. The highest BCUT2D eigenvalue weighted by Gasteiger charge is 2.11. The fraction of sp³-hybridized carbons (Fsp3) is 0.333. The quantitative estimate of drug-likeness (QED) is 0.793. The van der Waals surface area contributed by atoms with Crippen LogP contribution in [0.5, 0.6) is 0 Å². The van der Waals surface area contributed by atoms with E-state index in [2.05, 4.69) is 25.5 Å². The van der Waals surface area contributed by atoms with E-state index in [9.17, 15) is 0 Å². The van der Waals surface area contributed by atoms with Crippen molar-refractivity contribution >= 4 is 17.2 Å². The minimum atomic E-state index is 0.434. The second-order valence-electron chi connectivity index (χ2n) is 4.45. The van der Waals surface area contributed by atoms with Crippen LogP contribution in [0.3, 0.4) is 0 Å². The SMILES string of the molecule is Cc1n[nH]c(C)c1CCc1nnc2ccc(Cl)nn12. The molecule has 98 valence electrons. The fourth-order valence-electron chi connectivity index (χ4n) is 2.15.